The standard InChI is InChI=1S/C47H28N4S/c48-29-30-18-20-31(21-19-30)32-22-24-34(25-23-32)45-49-44(33-10-2-1-3-11-33)50-46(51-45)35-26-27-39-37(28-35)36-12-4-5-13-38(36)47(39)40-14-6-8-16-42(40)52-43-17-9-7-15-41(43)47/h1-28H. The Morgan fingerprint density at radius 2 is 0.865 bits per heavy atom. The predicted octanol–water partition coefficient (Wildman–Crippen LogP) is 11.2. The number of fused-ring (bicyclic) bond motifs is 9. The van der Waals surface area contributed by atoms with Crippen molar-refractivity contribution in [1.82, 2.24) is 15.0 Å². The summed E-state index contributed by atoms with van der Waals surface area (Å²) in [7, 11) is 0. The van der Waals surface area contributed by atoms with E-state index in [0.29, 0.717) is 23.0 Å². The molecule has 52 heavy (non-hydrogen) atoms. The first-order chi connectivity index (χ1) is 25.7. The van der Waals surface area contributed by atoms with E-state index in [4.69, 9.17) is 15.0 Å². The monoisotopic (exact) mass is 680 g/mol. The molecule has 0 radical (unpaired) electrons. The third-order valence-electron chi connectivity index (χ3n) is 10.3. The molecule has 10 rings (SSSR count). The molecule has 0 unspecified atom stereocenters. The third kappa shape index (κ3) is 4.66. The van der Waals surface area contributed by atoms with E-state index < -0.39 is 5.41 Å². The van der Waals surface area contributed by atoms with Crippen LogP contribution in [-0.4, -0.2) is 15.0 Å². The van der Waals surface area contributed by atoms with Gasteiger partial charge in [-0.1, -0.05) is 151 Å². The minimum atomic E-state index is -0.432. The maximum atomic E-state index is 9.22. The Kier molecular flexibility index (Phi) is 6.99. The summed E-state index contributed by atoms with van der Waals surface area (Å²) in [6.07, 6.45) is 0. The molecule has 0 N–H and O–H groups in total. The molecule has 4 nitrogen and oxygen atoms in total. The van der Waals surface area contributed by atoms with Gasteiger partial charge in [-0.2, -0.15) is 5.26 Å². The molecule has 0 bridgehead atoms. The fraction of sp³-hybridized carbons (Fsp3) is 0.0213. The molecule has 1 aliphatic heterocycles. The molecule has 1 aliphatic carbocycles. The molecule has 1 aromatic heterocycles. The Morgan fingerprint density at radius 1 is 0.404 bits per heavy atom. The van der Waals surface area contributed by atoms with Crippen molar-refractivity contribution in [1.29, 1.82) is 5.26 Å². The van der Waals surface area contributed by atoms with Crippen LogP contribution in [0.5, 0.6) is 0 Å². The lowest BCUT2D eigenvalue weighted by Gasteiger charge is -2.39. The Labute approximate surface area is 306 Å². The van der Waals surface area contributed by atoms with Gasteiger partial charge in [-0.15, -0.1) is 0 Å². The first-order valence-corrected chi connectivity index (χ1v) is 18.1. The van der Waals surface area contributed by atoms with Crippen LogP contribution < -0.4 is 0 Å². The Balaban J connectivity index is 1.14. The SMILES string of the molecule is N#Cc1ccc(-c2ccc(-c3nc(-c4ccccc4)nc(-c4ccc5c(c4)-c4ccccc4C54c5ccccc5Sc5ccccc54)n3)cc2)cc1. The summed E-state index contributed by atoms with van der Waals surface area (Å²) in [6, 6.07) is 61.5. The van der Waals surface area contributed by atoms with Crippen molar-refractivity contribution < 1.29 is 0 Å². The average Bonchev–Trinajstić information content (AvgIpc) is 3.51. The second kappa shape index (κ2) is 12.0. The highest BCUT2D eigenvalue weighted by atomic mass is 32.2. The van der Waals surface area contributed by atoms with Gasteiger partial charge >= 0.3 is 0 Å². The number of nitriles is 1. The number of nitrogens with zero attached hydrogens (tertiary/aromatic N) is 4. The van der Waals surface area contributed by atoms with Crippen molar-refractivity contribution in [2.45, 2.75) is 15.2 Å². The van der Waals surface area contributed by atoms with Crippen LogP contribution in [-0.2, 0) is 5.41 Å². The fourth-order valence-corrected chi connectivity index (χ4v) is 9.09. The van der Waals surface area contributed by atoms with Gasteiger partial charge in [0, 0.05) is 26.5 Å². The summed E-state index contributed by atoms with van der Waals surface area (Å²) in [5.74, 6) is 1.86. The number of hydrogen-bond donors (Lipinski definition) is 0. The van der Waals surface area contributed by atoms with E-state index in [1.165, 1.54) is 43.2 Å². The van der Waals surface area contributed by atoms with Gasteiger partial charge in [0.15, 0.2) is 17.5 Å². The normalized spacial score (nSPS) is 13.1. The molecule has 242 valence electrons. The third-order valence-corrected chi connectivity index (χ3v) is 11.4. The van der Waals surface area contributed by atoms with Gasteiger partial charge in [-0.25, -0.2) is 15.0 Å². The Hall–Kier alpha value is -6.61. The van der Waals surface area contributed by atoms with E-state index in [1.54, 1.807) is 0 Å². The van der Waals surface area contributed by atoms with Crippen LogP contribution in [0.1, 0.15) is 27.8 Å². The smallest absolute Gasteiger partial charge is 0.164 e. The molecule has 0 fully saturated rings. The van der Waals surface area contributed by atoms with Crippen molar-refractivity contribution in [2.24, 2.45) is 0 Å². The number of aromatic nitrogens is 3. The van der Waals surface area contributed by atoms with Crippen LogP contribution in [0.3, 0.4) is 0 Å². The number of hydrogen-bond acceptors (Lipinski definition) is 5. The summed E-state index contributed by atoms with van der Waals surface area (Å²) < 4.78 is 0. The van der Waals surface area contributed by atoms with Crippen LogP contribution >= 0.6 is 11.8 Å². The quantitative estimate of drug-likeness (QED) is 0.185. The largest absolute Gasteiger partial charge is 0.208 e. The van der Waals surface area contributed by atoms with Gasteiger partial charge in [0.1, 0.15) is 0 Å². The molecule has 0 atom stereocenters. The molecule has 0 saturated carbocycles. The summed E-state index contributed by atoms with van der Waals surface area (Å²) >= 11 is 1.85. The molecule has 0 saturated heterocycles. The first-order valence-electron chi connectivity index (χ1n) is 17.2. The van der Waals surface area contributed by atoms with E-state index >= 15 is 0 Å². The molecule has 2 aliphatic rings. The summed E-state index contributed by atoms with van der Waals surface area (Å²) in [5, 5.41) is 9.22. The van der Waals surface area contributed by atoms with Gasteiger partial charge in [0.25, 0.3) is 0 Å². The minimum Gasteiger partial charge on any atom is -0.208 e. The fourth-order valence-electron chi connectivity index (χ4n) is 7.90. The molecular formula is C47H28N4S. The van der Waals surface area contributed by atoms with E-state index in [9.17, 15) is 5.26 Å². The Morgan fingerprint density at radius 3 is 1.50 bits per heavy atom. The highest BCUT2D eigenvalue weighted by molar-refractivity contribution is 7.99. The molecular weight excluding hydrogens is 653 g/mol. The highest BCUT2D eigenvalue weighted by Crippen LogP contribution is 2.62. The van der Waals surface area contributed by atoms with Crippen molar-refractivity contribution in [3.63, 3.8) is 0 Å². The lowest BCUT2D eigenvalue weighted by Crippen LogP contribution is -2.31. The second-order valence-electron chi connectivity index (χ2n) is 13.1. The first kappa shape index (κ1) is 30.2. The summed E-state index contributed by atoms with van der Waals surface area (Å²) in [5.41, 5.74) is 12.7. The zero-order valence-corrected chi connectivity index (χ0v) is 28.7. The zero-order chi connectivity index (χ0) is 34.6. The maximum Gasteiger partial charge on any atom is 0.164 e. The van der Waals surface area contributed by atoms with Crippen LogP contribution in [0.25, 0.3) is 56.4 Å². The summed E-state index contributed by atoms with van der Waals surface area (Å²) in [4.78, 5) is 17.8. The lowest BCUT2D eigenvalue weighted by molar-refractivity contribution is 0.722. The molecule has 2 heterocycles. The van der Waals surface area contributed by atoms with Crippen molar-refractivity contribution in [3.05, 3.63) is 198 Å². The molecule has 0 amide bonds. The van der Waals surface area contributed by atoms with Crippen molar-refractivity contribution >= 4 is 11.8 Å². The molecule has 1 spiro atoms. The second-order valence-corrected chi connectivity index (χ2v) is 14.2. The van der Waals surface area contributed by atoms with Crippen molar-refractivity contribution in [3.8, 4) is 62.5 Å². The van der Waals surface area contributed by atoms with Crippen LogP contribution in [0.2, 0.25) is 0 Å². The summed E-state index contributed by atoms with van der Waals surface area (Å²) in [6.45, 7) is 0. The average molecular weight is 681 g/mol. The highest BCUT2D eigenvalue weighted by Gasteiger charge is 2.50. The van der Waals surface area contributed by atoms with E-state index in [2.05, 4.69) is 121 Å². The topological polar surface area (TPSA) is 62.5 Å². The van der Waals surface area contributed by atoms with Gasteiger partial charge in [0.2, 0.25) is 0 Å². The molecule has 8 aromatic rings. The lowest BCUT2D eigenvalue weighted by atomic mass is 9.67. The van der Waals surface area contributed by atoms with Gasteiger partial charge in [-0.05, 0) is 74.8 Å². The van der Waals surface area contributed by atoms with E-state index in [1.807, 2.05) is 66.4 Å². The zero-order valence-electron chi connectivity index (χ0n) is 27.9. The van der Waals surface area contributed by atoms with Crippen molar-refractivity contribution in [2.75, 3.05) is 0 Å². The number of rotatable bonds is 4. The van der Waals surface area contributed by atoms with E-state index in [0.717, 1.165) is 27.8 Å². The van der Waals surface area contributed by atoms with Crippen LogP contribution in [0.15, 0.2) is 180 Å². The number of benzene rings is 7. The predicted molar refractivity (Wildman–Crippen MR) is 208 cm³/mol. The minimum absolute atomic E-state index is 0.432. The van der Waals surface area contributed by atoms with Gasteiger partial charge < -0.3 is 0 Å². The Bertz CT molecular complexity index is 2670. The van der Waals surface area contributed by atoms with Gasteiger partial charge in [-0.3, -0.25) is 0 Å². The maximum absolute atomic E-state index is 9.22. The van der Waals surface area contributed by atoms with E-state index in [-0.39, 0.29) is 0 Å². The van der Waals surface area contributed by atoms with Gasteiger partial charge in [0.05, 0.1) is 17.0 Å². The molecule has 7 aromatic carbocycles. The van der Waals surface area contributed by atoms with Crippen LogP contribution in [0.4, 0.5) is 0 Å². The molecule has 5 heteroatoms. The van der Waals surface area contributed by atoms with Crippen LogP contribution in [0, 0.1) is 11.3 Å².